The van der Waals surface area contributed by atoms with Gasteiger partial charge in [-0.05, 0) is 20.8 Å². The lowest BCUT2D eigenvalue weighted by molar-refractivity contribution is 0.126. The van der Waals surface area contributed by atoms with Gasteiger partial charge in [-0.3, -0.25) is 0 Å². The van der Waals surface area contributed by atoms with Crippen LogP contribution in [-0.2, 0) is 0 Å². The maximum absolute atomic E-state index is 3.93. The summed E-state index contributed by atoms with van der Waals surface area (Å²) < 4.78 is 0. The quantitative estimate of drug-likeness (QED) is 0.478. The number of hydrogen-bond donors (Lipinski definition) is 0. The monoisotopic (exact) mass is 125 g/mol. The largest absolute Gasteiger partial charge is 0.370 e. The van der Waals surface area contributed by atoms with Crippen molar-refractivity contribution in [3.05, 3.63) is 12.3 Å². The van der Waals surface area contributed by atoms with Gasteiger partial charge in [-0.15, -0.1) is 0 Å². The molecule has 0 N–H and O–H groups in total. The van der Waals surface area contributed by atoms with Crippen LogP contribution in [0, 0.1) is 0 Å². The van der Waals surface area contributed by atoms with E-state index in [4.69, 9.17) is 0 Å². The Morgan fingerprint density at radius 3 is 2.00 bits per heavy atom. The molecule has 0 aromatic carbocycles. The molecule has 1 heteroatoms. The van der Waals surface area contributed by atoms with E-state index in [1.165, 1.54) is 18.7 Å². The predicted molar refractivity (Wildman–Crippen MR) is 40.2 cm³/mol. The van der Waals surface area contributed by atoms with E-state index in [2.05, 4.69) is 32.3 Å². The Bertz CT molecular complexity index is 130. The molecule has 0 atom stereocenters. The average molecular weight is 125 g/mol. The van der Waals surface area contributed by atoms with Crippen molar-refractivity contribution >= 4 is 0 Å². The average Bonchev–Trinajstić information content (AvgIpc) is 1.57. The van der Waals surface area contributed by atoms with Gasteiger partial charge in [0.05, 0.1) is 0 Å². The summed E-state index contributed by atoms with van der Waals surface area (Å²) in [6.07, 6.45) is 1.19. The molecule has 0 unspecified atom stereocenters. The molecular weight excluding hydrogens is 110 g/mol. The van der Waals surface area contributed by atoms with Crippen molar-refractivity contribution in [2.45, 2.75) is 32.7 Å². The second-order valence-corrected chi connectivity index (χ2v) is 3.64. The SMILES string of the molecule is C=C1CCN1C(C)(C)C. The van der Waals surface area contributed by atoms with Crippen LogP contribution < -0.4 is 0 Å². The van der Waals surface area contributed by atoms with Gasteiger partial charge in [-0.1, -0.05) is 6.58 Å². The van der Waals surface area contributed by atoms with Gasteiger partial charge >= 0.3 is 0 Å². The van der Waals surface area contributed by atoms with E-state index in [0.29, 0.717) is 5.54 Å². The number of likely N-dealkylation sites (tertiary alicyclic amines) is 1. The van der Waals surface area contributed by atoms with Crippen LogP contribution in [0.2, 0.25) is 0 Å². The van der Waals surface area contributed by atoms with Gasteiger partial charge in [0.15, 0.2) is 0 Å². The van der Waals surface area contributed by atoms with E-state index >= 15 is 0 Å². The minimum absolute atomic E-state index is 0.301. The lowest BCUT2D eigenvalue weighted by Gasteiger charge is -2.46. The maximum Gasteiger partial charge on any atom is 0.0314 e. The first-order valence-electron chi connectivity index (χ1n) is 3.47. The Hall–Kier alpha value is -0.460. The van der Waals surface area contributed by atoms with E-state index in [-0.39, 0.29) is 0 Å². The Morgan fingerprint density at radius 2 is 2.00 bits per heavy atom. The molecule has 1 nitrogen and oxygen atoms in total. The zero-order valence-corrected chi connectivity index (χ0v) is 6.57. The van der Waals surface area contributed by atoms with Gasteiger partial charge in [-0.2, -0.15) is 0 Å². The highest BCUT2D eigenvalue weighted by Gasteiger charge is 2.28. The van der Waals surface area contributed by atoms with Gasteiger partial charge < -0.3 is 4.90 Å². The fraction of sp³-hybridized carbons (Fsp3) is 0.750. The second-order valence-electron chi connectivity index (χ2n) is 3.64. The summed E-state index contributed by atoms with van der Waals surface area (Å²) in [5.74, 6) is 0. The van der Waals surface area contributed by atoms with Crippen LogP contribution in [0.15, 0.2) is 12.3 Å². The van der Waals surface area contributed by atoms with Crippen molar-refractivity contribution in [2.24, 2.45) is 0 Å². The van der Waals surface area contributed by atoms with Crippen LogP contribution in [0.1, 0.15) is 27.2 Å². The number of nitrogens with zero attached hydrogens (tertiary/aromatic N) is 1. The van der Waals surface area contributed by atoms with E-state index in [1.54, 1.807) is 0 Å². The first-order chi connectivity index (χ1) is 4.02. The van der Waals surface area contributed by atoms with Crippen LogP contribution in [0.5, 0.6) is 0 Å². The van der Waals surface area contributed by atoms with E-state index in [9.17, 15) is 0 Å². The summed E-state index contributed by atoms with van der Waals surface area (Å²) in [6, 6.07) is 0. The van der Waals surface area contributed by atoms with Crippen molar-refractivity contribution < 1.29 is 0 Å². The Balaban J connectivity index is 2.54. The van der Waals surface area contributed by atoms with Gasteiger partial charge in [0.2, 0.25) is 0 Å². The first-order valence-corrected chi connectivity index (χ1v) is 3.47. The Morgan fingerprint density at radius 1 is 1.44 bits per heavy atom. The van der Waals surface area contributed by atoms with E-state index in [0.717, 1.165) is 0 Å². The lowest BCUT2D eigenvalue weighted by atomic mass is 9.98. The third-order valence-electron chi connectivity index (χ3n) is 1.82. The minimum atomic E-state index is 0.301. The number of hydrogen-bond acceptors (Lipinski definition) is 1. The summed E-state index contributed by atoms with van der Waals surface area (Å²) in [5.41, 5.74) is 1.59. The summed E-state index contributed by atoms with van der Waals surface area (Å²) >= 11 is 0. The molecule has 9 heavy (non-hydrogen) atoms. The van der Waals surface area contributed by atoms with Crippen molar-refractivity contribution in [1.82, 2.24) is 4.90 Å². The molecule has 1 aliphatic rings. The molecule has 1 fully saturated rings. The molecule has 0 aromatic rings. The van der Waals surface area contributed by atoms with E-state index < -0.39 is 0 Å². The summed E-state index contributed by atoms with van der Waals surface area (Å²) in [4.78, 5) is 2.34. The molecule has 0 amide bonds. The van der Waals surface area contributed by atoms with Crippen molar-refractivity contribution in [3.63, 3.8) is 0 Å². The third kappa shape index (κ3) is 1.09. The Kier molecular flexibility index (Phi) is 1.30. The van der Waals surface area contributed by atoms with Gasteiger partial charge in [0.1, 0.15) is 0 Å². The standard InChI is InChI=1S/C8H15N/c1-7-5-6-9(7)8(2,3)4/h1,5-6H2,2-4H3. The van der Waals surface area contributed by atoms with Crippen LogP contribution in [-0.4, -0.2) is 17.0 Å². The van der Waals surface area contributed by atoms with Gasteiger partial charge in [0.25, 0.3) is 0 Å². The van der Waals surface area contributed by atoms with E-state index in [1.807, 2.05) is 0 Å². The highest BCUT2D eigenvalue weighted by atomic mass is 15.2. The summed E-state index contributed by atoms with van der Waals surface area (Å²) in [5, 5.41) is 0. The molecule has 0 aromatic heterocycles. The molecule has 0 spiro atoms. The van der Waals surface area contributed by atoms with Gasteiger partial charge in [0, 0.05) is 24.2 Å². The molecule has 0 aliphatic carbocycles. The molecule has 0 radical (unpaired) electrons. The normalized spacial score (nSPS) is 19.9. The van der Waals surface area contributed by atoms with Crippen molar-refractivity contribution in [3.8, 4) is 0 Å². The molecule has 1 saturated heterocycles. The molecule has 1 heterocycles. The topological polar surface area (TPSA) is 3.24 Å². The molecule has 1 rings (SSSR count). The third-order valence-corrected chi connectivity index (χ3v) is 1.82. The Labute approximate surface area is 57.4 Å². The van der Waals surface area contributed by atoms with Gasteiger partial charge in [-0.25, -0.2) is 0 Å². The first kappa shape index (κ1) is 6.66. The zero-order chi connectivity index (χ0) is 7.07. The smallest absolute Gasteiger partial charge is 0.0314 e. The fourth-order valence-corrected chi connectivity index (χ4v) is 1.19. The number of rotatable bonds is 0. The highest BCUT2D eigenvalue weighted by molar-refractivity contribution is 5.08. The summed E-state index contributed by atoms with van der Waals surface area (Å²) in [6.45, 7) is 11.8. The molecule has 1 aliphatic heterocycles. The molecule has 0 saturated carbocycles. The van der Waals surface area contributed by atoms with Crippen LogP contribution >= 0.6 is 0 Å². The fourth-order valence-electron chi connectivity index (χ4n) is 1.19. The predicted octanol–water partition coefficient (Wildman–Crippen LogP) is 2.00. The maximum atomic E-state index is 3.93. The molecule has 52 valence electrons. The highest BCUT2D eigenvalue weighted by Crippen LogP contribution is 2.28. The van der Waals surface area contributed by atoms with Crippen molar-refractivity contribution in [1.29, 1.82) is 0 Å². The second kappa shape index (κ2) is 1.76. The molecular formula is C8H15N. The van der Waals surface area contributed by atoms with Crippen LogP contribution in [0.3, 0.4) is 0 Å². The minimum Gasteiger partial charge on any atom is -0.370 e. The lowest BCUT2D eigenvalue weighted by Crippen LogP contribution is -2.47. The van der Waals surface area contributed by atoms with Crippen molar-refractivity contribution in [2.75, 3.05) is 6.54 Å². The zero-order valence-electron chi connectivity index (χ0n) is 6.57. The molecule has 0 bridgehead atoms. The summed E-state index contributed by atoms with van der Waals surface area (Å²) in [7, 11) is 0. The van der Waals surface area contributed by atoms with Crippen LogP contribution in [0.25, 0.3) is 0 Å². The van der Waals surface area contributed by atoms with Crippen LogP contribution in [0.4, 0.5) is 0 Å².